The van der Waals surface area contributed by atoms with Gasteiger partial charge in [-0.1, -0.05) is 0 Å². The first-order valence-corrected chi connectivity index (χ1v) is 4.65. The summed E-state index contributed by atoms with van der Waals surface area (Å²) in [6, 6.07) is 0.990. The van der Waals surface area contributed by atoms with Gasteiger partial charge in [-0.15, -0.1) is 0 Å². The van der Waals surface area contributed by atoms with Crippen LogP contribution in [0, 0.1) is 0 Å². The minimum atomic E-state index is -0.224. The molecule has 2 nitrogen and oxygen atoms in total. The fourth-order valence-corrected chi connectivity index (χ4v) is 2.16. The van der Waals surface area contributed by atoms with E-state index in [0.29, 0.717) is 18.6 Å². The van der Waals surface area contributed by atoms with Crippen molar-refractivity contribution in [1.29, 1.82) is 0 Å². The number of likely N-dealkylation sites (N-methyl/N-ethyl adjacent to an activating group) is 1. The van der Waals surface area contributed by atoms with Crippen LogP contribution in [0.3, 0.4) is 0 Å². The Bertz CT molecular complexity index is 128. The lowest BCUT2D eigenvalue weighted by atomic mass is 10.1. The first kappa shape index (κ1) is 9.93. The van der Waals surface area contributed by atoms with Crippen LogP contribution in [0.1, 0.15) is 13.8 Å². The van der Waals surface area contributed by atoms with Crippen molar-refractivity contribution < 1.29 is 4.39 Å². The maximum absolute atomic E-state index is 12.2. The van der Waals surface area contributed by atoms with Gasteiger partial charge in [-0.25, -0.2) is 4.39 Å². The zero-order valence-corrected chi connectivity index (χ0v) is 8.26. The van der Waals surface area contributed by atoms with E-state index in [1.54, 1.807) is 0 Å². The first-order chi connectivity index (χ1) is 5.65. The molecule has 0 bridgehead atoms. The van der Waals surface area contributed by atoms with Gasteiger partial charge in [0.05, 0.1) is 0 Å². The van der Waals surface area contributed by atoms with Crippen LogP contribution >= 0.6 is 0 Å². The topological polar surface area (TPSA) is 6.48 Å². The summed E-state index contributed by atoms with van der Waals surface area (Å²) >= 11 is 0. The van der Waals surface area contributed by atoms with Crippen LogP contribution in [0.25, 0.3) is 0 Å². The Balaban J connectivity index is 2.48. The highest BCUT2D eigenvalue weighted by atomic mass is 19.1. The molecule has 0 aromatic rings. The molecule has 0 spiro atoms. The number of halogens is 1. The van der Waals surface area contributed by atoms with E-state index in [2.05, 4.69) is 30.7 Å². The highest BCUT2D eigenvalue weighted by Crippen LogP contribution is 2.13. The monoisotopic (exact) mass is 174 g/mol. The minimum absolute atomic E-state index is 0.224. The Kier molecular flexibility index (Phi) is 3.47. The average molecular weight is 174 g/mol. The lowest BCUT2D eigenvalue weighted by Crippen LogP contribution is -2.55. The van der Waals surface area contributed by atoms with Gasteiger partial charge in [0, 0.05) is 31.7 Å². The fraction of sp³-hybridized carbons (Fsp3) is 1.00. The number of hydrogen-bond donors (Lipinski definition) is 0. The Hall–Kier alpha value is -0.150. The predicted molar refractivity (Wildman–Crippen MR) is 49.1 cm³/mol. The van der Waals surface area contributed by atoms with Crippen molar-refractivity contribution in [1.82, 2.24) is 9.80 Å². The molecule has 0 aromatic carbocycles. The number of rotatable bonds is 2. The first-order valence-electron chi connectivity index (χ1n) is 4.65. The molecule has 0 aromatic heterocycles. The smallest absolute Gasteiger partial charge is 0.102 e. The van der Waals surface area contributed by atoms with Crippen molar-refractivity contribution in [3.63, 3.8) is 0 Å². The summed E-state index contributed by atoms with van der Waals surface area (Å²) in [7, 11) is 2.12. The lowest BCUT2D eigenvalue weighted by molar-refractivity contribution is 0.0477. The van der Waals surface area contributed by atoms with Crippen LogP contribution in [0.15, 0.2) is 0 Å². The highest BCUT2D eigenvalue weighted by Gasteiger charge is 2.26. The molecule has 3 heteroatoms. The van der Waals surface area contributed by atoms with Crippen LogP contribution < -0.4 is 0 Å². The summed E-state index contributed by atoms with van der Waals surface area (Å²) in [5.74, 6) is 0. The van der Waals surface area contributed by atoms with Gasteiger partial charge in [0.15, 0.2) is 0 Å². The van der Waals surface area contributed by atoms with Gasteiger partial charge in [0.2, 0.25) is 0 Å². The van der Waals surface area contributed by atoms with Gasteiger partial charge in [-0.2, -0.15) is 0 Å². The van der Waals surface area contributed by atoms with Gasteiger partial charge in [0.1, 0.15) is 6.67 Å². The van der Waals surface area contributed by atoms with E-state index in [1.807, 2.05) is 0 Å². The SMILES string of the molecule is C[C@@H]1CN(C)C[C@H](C)N1CCF. The molecular weight excluding hydrogens is 155 g/mol. The second kappa shape index (κ2) is 4.19. The molecule has 0 saturated carbocycles. The molecule has 72 valence electrons. The number of hydrogen-bond acceptors (Lipinski definition) is 2. The normalized spacial score (nSPS) is 34.0. The van der Waals surface area contributed by atoms with Crippen LogP contribution in [-0.2, 0) is 0 Å². The maximum atomic E-state index is 12.2. The summed E-state index contributed by atoms with van der Waals surface area (Å²) in [4.78, 5) is 4.56. The molecule has 0 amide bonds. The largest absolute Gasteiger partial charge is 0.303 e. The molecule has 0 radical (unpaired) electrons. The predicted octanol–water partition coefficient (Wildman–Crippen LogP) is 0.980. The number of piperazine rings is 1. The second-order valence-electron chi connectivity index (χ2n) is 3.85. The van der Waals surface area contributed by atoms with Crippen LogP contribution in [0.4, 0.5) is 4.39 Å². The van der Waals surface area contributed by atoms with Crippen molar-refractivity contribution >= 4 is 0 Å². The van der Waals surface area contributed by atoms with E-state index in [-0.39, 0.29) is 6.67 Å². The third-order valence-corrected chi connectivity index (χ3v) is 2.63. The molecule has 1 aliphatic rings. The van der Waals surface area contributed by atoms with Gasteiger partial charge in [-0.3, -0.25) is 4.90 Å². The summed E-state index contributed by atoms with van der Waals surface area (Å²) in [5.41, 5.74) is 0. The fourth-order valence-electron chi connectivity index (χ4n) is 2.16. The molecule has 1 aliphatic heterocycles. The zero-order chi connectivity index (χ0) is 9.14. The second-order valence-corrected chi connectivity index (χ2v) is 3.85. The molecule has 0 N–H and O–H groups in total. The third-order valence-electron chi connectivity index (χ3n) is 2.63. The molecule has 1 rings (SSSR count). The standard InChI is InChI=1S/C9H19FN2/c1-8-6-11(3)7-9(2)12(8)5-4-10/h8-9H,4-7H2,1-3H3/t8-,9+. The molecule has 1 fully saturated rings. The van der Waals surface area contributed by atoms with Gasteiger partial charge < -0.3 is 4.90 Å². The van der Waals surface area contributed by atoms with Gasteiger partial charge in [0.25, 0.3) is 0 Å². The summed E-state index contributed by atoms with van der Waals surface area (Å²) in [6.07, 6.45) is 0. The molecule has 0 aliphatic carbocycles. The van der Waals surface area contributed by atoms with Crippen molar-refractivity contribution in [2.24, 2.45) is 0 Å². The summed E-state index contributed by atoms with van der Waals surface area (Å²) in [6.45, 7) is 6.83. The van der Waals surface area contributed by atoms with E-state index in [4.69, 9.17) is 0 Å². The average Bonchev–Trinajstić information content (AvgIpc) is 1.96. The van der Waals surface area contributed by atoms with E-state index in [0.717, 1.165) is 13.1 Å². The zero-order valence-electron chi connectivity index (χ0n) is 8.26. The number of alkyl halides is 1. The van der Waals surface area contributed by atoms with E-state index < -0.39 is 0 Å². The Morgan fingerprint density at radius 3 is 2.17 bits per heavy atom. The Morgan fingerprint density at radius 2 is 1.75 bits per heavy atom. The van der Waals surface area contributed by atoms with Crippen LogP contribution in [0.2, 0.25) is 0 Å². The third kappa shape index (κ3) is 2.17. The molecule has 0 unspecified atom stereocenters. The van der Waals surface area contributed by atoms with Crippen LogP contribution in [0.5, 0.6) is 0 Å². The number of nitrogens with zero attached hydrogens (tertiary/aromatic N) is 2. The van der Waals surface area contributed by atoms with Crippen molar-refractivity contribution in [3.8, 4) is 0 Å². The minimum Gasteiger partial charge on any atom is -0.303 e. The van der Waals surface area contributed by atoms with Crippen LogP contribution in [-0.4, -0.2) is 55.2 Å². The van der Waals surface area contributed by atoms with Gasteiger partial charge in [-0.05, 0) is 20.9 Å². The van der Waals surface area contributed by atoms with Crippen molar-refractivity contribution in [2.45, 2.75) is 25.9 Å². The van der Waals surface area contributed by atoms with E-state index in [9.17, 15) is 4.39 Å². The van der Waals surface area contributed by atoms with Gasteiger partial charge >= 0.3 is 0 Å². The quantitative estimate of drug-likeness (QED) is 0.616. The van der Waals surface area contributed by atoms with E-state index >= 15 is 0 Å². The Morgan fingerprint density at radius 1 is 1.25 bits per heavy atom. The Labute approximate surface area is 74.3 Å². The molecule has 1 saturated heterocycles. The van der Waals surface area contributed by atoms with Crippen molar-refractivity contribution in [2.75, 3.05) is 33.4 Å². The van der Waals surface area contributed by atoms with E-state index in [1.165, 1.54) is 0 Å². The summed E-state index contributed by atoms with van der Waals surface area (Å²) < 4.78 is 12.2. The molecule has 2 atom stereocenters. The maximum Gasteiger partial charge on any atom is 0.102 e. The molecule has 12 heavy (non-hydrogen) atoms. The molecular formula is C9H19FN2. The lowest BCUT2D eigenvalue weighted by Gasteiger charge is -2.42. The summed E-state index contributed by atoms with van der Waals surface area (Å²) in [5, 5.41) is 0. The highest BCUT2D eigenvalue weighted by molar-refractivity contribution is 4.82. The molecule has 1 heterocycles. The van der Waals surface area contributed by atoms with Crippen molar-refractivity contribution in [3.05, 3.63) is 0 Å².